The Morgan fingerprint density at radius 3 is 2.09 bits per heavy atom. The van der Waals surface area contributed by atoms with Gasteiger partial charge >= 0.3 is 0 Å². The highest BCUT2D eigenvalue weighted by molar-refractivity contribution is 6.16. The van der Waals surface area contributed by atoms with Crippen molar-refractivity contribution < 1.29 is 18.4 Å². The summed E-state index contributed by atoms with van der Waals surface area (Å²) in [5.41, 5.74) is 2.23. The second-order valence-corrected chi connectivity index (χ2v) is 7.55. The lowest BCUT2D eigenvalue weighted by Crippen LogP contribution is -2.18. The normalized spacial score (nSPS) is 10.9. The molecule has 0 saturated carbocycles. The molecule has 0 aliphatic carbocycles. The van der Waals surface area contributed by atoms with Crippen LogP contribution in [0.25, 0.3) is 21.9 Å². The number of nitrogens with one attached hydrogen (secondary N) is 2. The highest BCUT2D eigenvalue weighted by Crippen LogP contribution is 2.32. The van der Waals surface area contributed by atoms with Gasteiger partial charge in [0.2, 0.25) is 5.76 Å². The minimum atomic E-state index is -0.672. The molecule has 2 aromatic heterocycles. The van der Waals surface area contributed by atoms with Gasteiger partial charge in [0.05, 0.1) is 5.39 Å². The van der Waals surface area contributed by atoms with Crippen molar-refractivity contribution in [3.63, 3.8) is 0 Å². The van der Waals surface area contributed by atoms with Crippen LogP contribution in [0.15, 0.2) is 92.5 Å². The molecule has 0 aliphatic rings. The van der Waals surface area contributed by atoms with Crippen molar-refractivity contribution in [3.8, 4) is 0 Å². The maximum Gasteiger partial charge on any atom is 0.293 e. The van der Waals surface area contributed by atoms with E-state index in [-0.39, 0.29) is 22.6 Å². The zero-order valence-corrected chi connectivity index (χ0v) is 17.5. The summed E-state index contributed by atoms with van der Waals surface area (Å²) in [7, 11) is 0. The Kier molecular flexibility index (Phi) is 4.99. The third-order valence-corrected chi connectivity index (χ3v) is 5.21. The molecular weight excluding hydrogens is 420 g/mol. The molecule has 162 valence electrons. The lowest BCUT2D eigenvalue weighted by Gasteiger charge is -2.08. The van der Waals surface area contributed by atoms with Gasteiger partial charge in [-0.25, -0.2) is 0 Å². The summed E-state index contributed by atoms with van der Waals surface area (Å²) in [6.07, 6.45) is 0. The third-order valence-electron chi connectivity index (χ3n) is 5.21. The van der Waals surface area contributed by atoms with Crippen molar-refractivity contribution in [2.75, 3.05) is 10.6 Å². The van der Waals surface area contributed by atoms with Crippen molar-refractivity contribution in [2.24, 2.45) is 0 Å². The number of rotatable bonds is 4. The Morgan fingerprint density at radius 2 is 1.36 bits per heavy atom. The topological polar surface area (TPSA) is 102 Å². The molecule has 2 N–H and O–H groups in total. The van der Waals surface area contributed by atoms with Crippen LogP contribution in [-0.4, -0.2) is 11.8 Å². The van der Waals surface area contributed by atoms with Gasteiger partial charge in [-0.2, -0.15) is 0 Å². The number of para-hydroxylation sites is 2. The summed E-state index contributed by atoms with van der Waals surface area (Å²) >= 11 is 0. The third kappa shape index (κ3) is 3.87. The number of anilines is 2. The van der Waals surface area contributed by atoms with Gasteiger partial charge in [0.15, 0.2) is 11.2 Å². The molecule has 0 bridgehead atoms. The molecule has 0 saturated heterocycles. The number of amides is 2. The first-order chi connectivity index (χ1) is 16.0. The molecule has 0 spiro atoms. The standard InChI is InChI=1S/C26H18N2O5/c1-15-10-12-16(13-11-15)27-26(31)24-23(18-7-3-5-9-21(18)33-24)28-25(30)22-14-19(29)17-6-2-4-8-20(17)32-22/h2-14H,1H3,(H,27,31)(H,28,30). The number of fused-ring (bicyclic) bond motifs is 2. The van der Waals surface area contributed by atoms with Gasteiger partial charge in [-0.15, -0.1) is 0 Å². The average Bonchev–Trinajstić information content (AvgIpc) is 3.19. The van der Waals surface area contributed by atoms with E-state index in [1.165, 1.54) is 0 Å². The van der Waals surface area contributed by atoms with E-state index in [2.05, 4.69) is 10.6 Å². The number of furan rings is 1. The Labute approximate surface area is 187 Å². The Bertz CT molecular complexity index is 1580. The van der Waals surface area contributed by atoms with Gasteiger partial charge in [-0.05, 0) is 43.3 Å². The molecule has 0 unspecified atom stereocenters. The Hall–Kier alpha value is -4.65. The maximum absolute atomic E-state index is 13.0. The second kappa shape index (κ2) is 8.12. The first-order valence-corrected chi connectivity index (χ1v) is 10.2. The maximum atomic E-state index is 13.0. The molecule has 3 aromatic carbocycles. The summed E-state index contributed by atoms with van der Waals surface area (Å²) in [6.45, 7) is 1.95. The van der Waals surface area contributed by atoms with E-state index < -0.39 is 11.8 Å². The van der Waals surface area contributed by atoms with Crippen LogP contribution < -0.4 is 16.1 Å². The minimum Gasteiger partial charge on any atom is -0.451 e. The Morgan fingerprint density at radius 1 is 0.727 bits per heavy atom. The fourth-order valence-electron chi connectivity index (χ4n) is 3.55. The predicted molar refractivity (Wildman–Crippen MR) is 126 cm³/mol. The highest BCUT2D eigenvalue weighted by atomic mass is 16.4. The SMILES string of the molecule is Cc1ccc(NC(=O)c2oc3ccccc3c2NC(=O)c2cc(=O)c3ccccc3o2)cc1. The zero-order valence-electron chi connectivity index (χ0n) is 17.5. The van der Waals surface area contributed by atoms with Crippen LogP contribution in [0.1, 0.15) is 26.7 Å². The molecule has 0 aliphatic heterocycles. The van der Waals surface area contributed by atoms with Crippen molar-refractivity contribution in [1.82, 2.24) is 0 Å². The van der Waals surface area contributed by atoms with Gasteiger partial charge in [-0.1, -0.05) is 42.0 Å². The number of hydrogen-bond acceptors (Lipinski definition) is 5. The number of carbonyl (C=O) groups is 2. The molecule has 2 heterocycles. The minimum absolute atomic E-state index is 0.0618. The number of aryl methyl sites for hydroxylation is 1. The van der Waals surface area contributed by atoms with Gasteiger partial charge in [-0.3, -0.25) is 14.4 Å². The smallest absolute Gasteiger partial charge is 0.293 e. The highest BCUT2D eigenvalue weighted by Gasteiger charge is 2.24. The van der Waals surface area contributed by atoms with E-state index in [1.54, 1.807) is 60.7 Å². The molecule has 7 nitrogen and oxygen atoms in total. The van der Waals surface area contributed by atoms with Gasteiger partial charge in [0.1, 0.15) is 16.9 Å². The van der Waals surface area contributed by atoms with E-state index >= 15 is 0 Å². The van der Waals surface area contributed by atoms with Gasteiger partial charge in [0.25, 0.3) is 11.8 Å². The molecule has 0 radical (unpaired) electrons. The quantitative estimate of drug-likeness (QED) is 0.394. The fourth-order valence-corrected chi connectivity index (χ4v) is 3.55. The van der Waals surface area contributed by atoms with E-state index in [1.807, 2.05) is 19.1 Å². The first-order valence-electron chi connectivity index (χ1n) is 10.2. The summed E-state index contributed by atoms with van der Waals surface area (Å²) in [4.78, 5) is 38.4. The van der Waals surface area contributed by atoms with Gasteiger partial charge in [0, 0.05) is 17.1 Å². The van der Waals surface area contributed by atoms with E-state index in [0.29, 0.717) is 27.6 Å². The van der Waals surface area contributed by atoms with E-state index in [9.17, 15) is 14.4 Å². The lowest BCUT2D eigenvalue weighted by molar-refractivity contribution is 0.0996. The fraction of sp³-hybridized carbons (Fsp3) is 0.0385. The van der Waals surface area contributed by atoms with Crippen LogP contribution in [0.5, 0.6) is 0 Å². The number of benzene rings is 3. The van der Waals surface area contributed by atoms with Crippen LogP contribution in [0.3, 0.4) is 0 Å². The van der Waals surface area contributed by atoms with Crippen molar-refractivity contribution >= 4 is 45.1 Å². The van der Waals surface area contributed by atoms with Crippen molar-refractivity contribution in [3.05, 3.63) is 106 Å². The van der Waals surface area contributed by atoms with Gasteiger partial charge < -0.3 is 19.5 Å². The van der Waals surface area contributed by atoms with E-state index in [0.717, 1.165) is 11.6 Å². The predicted octanol–water partition coefficient (Wildman–Crippen LogP) is 5.35. The van der Waals surface area contributed by atoms with Crippen molar-refractivity contribution in [2.45, 2.75) is 6.92 Å². The molecule has 0 fully saturated rings. The molecular formula is C26H18N2O5. The second-order valence-electron chi connectivity index (χ2n) is 7.55. The van der Waals surface area contributed by atoms with Crippen molar-refractivity contribution in [1.29, 1.82) is 0 Å². The summed E-state index contributed by atoms with van der Waals surface area (Å²) in [5.74, 6) is -1.43. The molecule has 2 amide bonds. The monoisotopic (exact) mass is 438 g/mol. The largest absolute Gasteiger partial charge is 0.451 e. The molecule has 0 atom stereocenters. The summed E-state index contributed by atoms with van der Waals surface area (Å²) in [5, 5.41) is 6.39. The summed E-state index contributed by atoms with van der Waals surface area (Å²) < 4.78 is 11.4. The summed E-state index contributed by atoms with van der Waals surface area (Å²) in [6, 6.07) is 22.1. The number of hydrogen-bond donors (Lipinski definition) is 2. The van der Waals surface area contributed by atoms with Crippen LogP contribution in [-0.2, 0) is 0 Å². The van der Waals surface area contributed by atoms with Crippen LogP contribution >= 0.6 is 0 Å². The molecule has 33 heavy (non-hydrogen) atoms. The van der Waals surface area contributed by atoms with E-state index in [4.69, 9.17) is 8.83 Å². The lowest BCUT2D eigenvalue weighted by atomic mass is 10.2. The van der Waals surface area contributed by atoms with Crippen LogP contribution in [0, 0.1) is 6.92 Å². The average molecular weight is 438 g/mol. The first kappa shape index (κ1) is 20.3. The molecule has 7 heteroatoms. The number of carbonyl (C=O) groups excluding carboxylic acids is 2. The molecule has 5 rings (SSSR count). The van der Waals surface area contributed by atoms with Crippen LogP contribution in [0.2, 0.25) is 0 Å². The molecule has 5 aromatic rings. The van der Waals surface area contributed by atoms with Crippen LogP contribution in [0.4, 0.5) is 11.4 Å². The zero-order chi connectivity index (χ0) is 22.9. The Balaban J connectivity index is 1.52.